The zero-order valence-corrected chi connectivity index (χ0v) is 34.0. The highest BCUT2D eigenvalue weighted by Crippen LogP contribution is 2.28. The molecule has 0 amide bonds. The Morgan fingerprint density at radius 1 is 0.341 bits per heavy atom. The topological polar surface area (TPSA) is 0 Å². The average Bonchev–Trinajstić information content (AvgIpc) is 2.86. The predicted octanol–water partition coefficient (Wildman–Crippen LogP) is 15.5. The summed E-state index contributed by atoms with van der Waals surface area (Å²) in [4.78, 5) is 0. The Bertz CT molecular complexity index is 797. The van der Waals surface area contributed by atoms with Crippen LogP contribution in [0.2, 0.25) is 0 Å². The zero-order valence-electron chi connectivity index (χ0n) is 34.0. The van der Waals surface area contributed by atoms with Gasteiger partial charge >= 0.3 is 0 Å². The second-order valence-electron chi connectivity index (χ2n) is 19.4. The van der Waals surface area contributed by atoms with Crippen LogP contribution in [0.1, 0.15) is 188 Å². The van der Waals surface area contributed by atoms with Crippen molar-refractivity contribution in [1.29, 1.82) is 0 Å². The SMILES string of the molecule is CC(C)(C)CCCCC(C)(C)C.CC(C)(C)c1ccc(C(C)(C)C)cc1.CCC(C)(C)C.CCC(C)(C)C.c1ccccc1. The molecule has 0 aliphatic rings. The summed E-state index contributed by atoms with van der Waals surface area (Å²) in [5.74, 6) is 0. The van der Waals surface area contributed by atoms with Gasteiger partial charge in [0.15, 0.2) is 0 Å². The summed E-state index contributed by atoms with van der Waals surface area (Å²) in [6, 6.07) is 21.0. The first kappa shape index (κ1) is 46.9. The van der Waals surface area contributed by atoms with Crippen LogP contribution in [0.15, 0.2) is 60.7 Å². The van der Waals surface area contributed by atoms with Gasteiger partial charge in [0.2, 0.25) is 0 Å². The molecule has 0 saturated heterocycles. The Morgan fingerprint density at radius 2 is 0.523 bits per heavy atom. The van der Waals surface area contributed by atoms with E-state index in [1.807, 2.05) is 36.4 Å². The maximum atomic E-state index is 2.32. The molecule has 44 heavy (non-hydrogen) atoms. The van der Waals surface area contributed by atoms with Gasteiger partial charge in [-0.15, -0.1) is 0 Å². The van der Waals surface area contributed by atoms with Crippen LogP contribution in [-0.2, 0) is 10.8 Å². The lowest BCUT2D eigenvalue weighted by Gasteiger charge is -2.23. The molecule has 0 heteroatoms. The molecule has 0 saturated carbocycles. The van der Waals surface area contributed by atoms with Gasteiger partial charge in [0.05, 0.1) is 0 Å². The number of rotatable bonds is 3. The predicted molar refractivity (Wildman–Crippen MR) is 207 cm³/mol. The van der Waals surface area contributed by atoms with Crippen molar-refractivity contribution in [3.8, 4) is 0 Å². The molecule has 2 rings (SSSR count). The molecular weight excluding hydrogens is 528 g/mol. The second-order valence-corrected chi connectivity index (χ2v) is 19.4. The van der Waals surface area contributed by atoms with E-state index in [9.17, 15) is 0 Å². The van der Waals surface area contributed by atoms with Crippen LogP contribution in [-0.4, -0.2) is 0 Å². The van der Waals surface area contributed by atoms with Crippen LogP contribution >= 0.6 is 0 Å². The van der Waals surface area contributed by atoms with Crippen LogP contribution in [0.25, 0.3) is 0 Å². The Kier molecular flexibility index (Phi) is 22.7. The van der Waals surface area contributed by atoms with Crippen LogP contribution in [0.4, 0.5) is 0 Å². The number of hydrogen-bond acceptors (Lipinski definition) is 0. The van der Waals surface area contributed by atoms with E-state index < -0.39 is 0 Å². The number of hydrogen-bond donors (Lipinski definition) is 0. The van der Waals surface area contributed by atoms with Crippen molar-refractivity contribution in [2.75, 3.05) is 0 Å². The Morgan fingerprint density at radius 3 is 0.636 bits per heavy atom. The van der Waals surface area contributed by atoms with Crippen LogP contribution in [0.3, 0.4) is 0 Å². The van der Waals surface area contributed by atoms with E-state index in [1.165, 1.54) is 49.7 Å². The third kappa shape index (κ3) is 36.6. The van der Waals surface area contributed by atoms with Crippen LogP contribution < -0.4 is 0 Å². The first-order chi connectivity index (χ1) is 19.5. The Balaban J connectivity index is -0.000000505. The third-order valence-electron chi connectivity index (χ3n) is 7.51. The summed E-state index contributed by atoms with van der Waals surface area (Å²) in [5.41, 5.74) is 5.47. The molecule has 0 bridgehead atoms. The van der Waals surface area contributed by atoms with Crippen molar-refractivity contribution >= 4 is 0 Å². The molecular formula is C44H82. The Labute approximate surface area is 280 Å². The van der Waals surface area contributed by atoms with Gasteiger partial charge in [-0.05, 0) is 56.5 Å². The fraction of sp³-hybridized carbons (Fsp3) is 0.727. The lowest BCUT2D eigenvalue weighted by atomic mass is 9.82. The lowest BCUT2D eigenvalue weighted by molar-refractivity contribution is 0.318. The van der Waals surface area contributed by atoms with Gasteiger partial charge in [0, 0.05) is 0 Å². The van der Waals surface area contributed by atoms with Crippen LogP contribution in [0.5, 0.6) is 0 Å². The number of benzene rings is 2. The van der Waals surface area contributed by atoms with Crippen molar-refractivity contribution in [3.05, 3.63) is 71.8 Å². The Hall–Kier alpha value is -1.56. The summed E-state index contributed by atoms with van der Waals surface area (Å²) in [7, 11) is 0. The minimum Gasteiger partial charge on any atom is -0.0649 e. The van der Waals surface area contributed by atoms with E-state index in [0.29, 0.717) is 21.7 Å². The monoisotopic (exact) mass is 611 g/mol. The second kappa shape index (κ2) is 21.3. The molecule has 0 radical (unpaired) electrons. The van der Waals surface area contributed by atoms with Gasteiger partial charge < -0.3 is 0 Å². The molecule has 0 unspecified atom stereocenters. The summed E-state index contributed by atoms with van der Waals surface area (Å²) in [6.07, 6.45) is 8.05. The largest absolute Gasteiger partial charge is 0.0649 e. The van der Waals surface area contributed by atoms with E-state index in [4.69, 9.17) is 0 Å². The minimum absolute atomic E-state index is 0.260. The quantitative estimate of drug-likeness (QED) is 0.303. The first-order valence-corrected chi connectivity index (χ1v) is 17.6. The van der Waals surface area contributed by atoms with E-state index in [-0.39, 0.29) is 10.8 Å². The highest BCUT2D eigenvalue weighted by molar-refractivity contribution is 5.30. The maximum absolute atomic E-state index is 2.32. The molecule has 0 N–H and O–H groups in total. The molecule has 0 heterocycles. The molecule has 0 aromatic heterocycles. The highest BCUT2D eigenvalue weighted by atomic mass is 14.2. The van der Waals surface area contributed by atoms with Gasteiger partial charge in [0.1, 0.15) is 0 Å². The molecule has 0 spiro atoms. The van der Waals surface area contributed by atoms with Crippen molar-refractivity contribution in [2.24, 2.45) is 21.7 Å². The standard InChI is InChI=1S/C14H22.C12H26.C6H6.2C6H14/c1-13(2,3)11-7-9-12(10-8-11)14(4,5)6;1-11(2,3)9-7-8-10-12(4,5)6;1-2-4-6-5-3-1;2*1-5-6(2,3)4/h7-10H,1-6H3;7-10H2,1-6H3;1-6H;2*5H2,1-4H3. The zero-order chi connectivity index (χ0) is 35.5. The molecule has 0 fully saturated rings. The van der Waals surface area contributed by atoms with E-state index in [1.54, 1.807) is 0 Å². The van der Waals surface area contributed by atoms with Gasteiger partial charge in [-0.2, -0.15) is 0 Å². The maximum Gasteiger partial charge on any atom is -0.0132 e. The molecule has 258 valence electrons. The molecule has 0 atom stereocenters. The summed E-state index contributed by atoms with van der Waals surface area (Å²) in [5, 5.41) is 0. The smallest absolute Gasteiger partial charge is 0.0132 e. The summed E-state index contributed by atoms with van der Waals surface area (Å²) >= 11 is 0. The molecule has 0 aliphatic carbocycles. The lowest BCUT2D eigenvalue weighted by Crippen LogP contribution is -2.14. The van der Waals surface area contributed by atoms with E-state index in [2.05, 4.69) is 163 Å². The summed E-state index contributed by atoms with van der Waals surface area (Å²) in [6.45, 7) is 45.3. The van der Waals surface area contributed by atoms with Crippen molar-refractivity contribution in [1.82, 2.24) is 0 Å². The number of unbranched alkanes of at least 4 members (excludes halogenated alkanes) is 1. The van der Waals surface area contributed by atoms with Gasteiger partial charge in [-0.25, -0.2) is 0 Å². The van der Waals surface area contributed by atoms with Gasteiger partial charge in [-0.1, -0.05) is 225 Å². The normalized spacial score (nSPS) is 12.2. The van der Waals surface area contributed by atoms with Gasteiger partial charge in [-0.3, -0.25) is 0 Å². The van der Waals surface area contributed by atoms with Gasteiger partial charge in [0.25, 0.3) is 0 Å². The highest BCUT2D eigenvalue weighted by Gasteiger charge is 2.17. The molecule has 0 nitrogen and oxygen atoms in total. The van der Waals surface area contributed by atoms with E-state index in [0.717, 1.165) is 0 Å². The molecule has 0 aliphatic heterocycles. The fourth-order valence-electron chi connectivity index (χ4n) is 3.17. The van der Waals surface area contributed by atoms with Crippen molar-refractivity contribution in [3.63, 3.8) is 0 Å². The summed E-state index contributed by atoms with van der Waals surface area (Å²) < 4.78 is 0. The van der Waals surface area contributed by atoms with Crippen LogP contribution in [0, 0.1) is 21.7 Å². The van der Waals surface area contributed by atoms with Crippen molar-refractivity contribution < 1.29 is 0 Å². The molecule has 2 aromatic rings. The molecule has 2 aromatic carbocycles. The van der Waals surface area contributed by atoms with E-state index >= 15 is 0 Å². The third-order valence-corrected chi connectivity index (χ3v) is 7.51. The van der Waals surface area contributed by atoms with Crippen molar-refractivity contribution in [2.45, 2.75) is 188 Å². The average molecular weight is 611 g/mol. The minimum atomic E-state index is 0.260. The first-order valence-electron chi connectivity index (χ1n) is 17.6. The fourth-order valence-corrected chi connectivity index (χ4v) is 3.17.